The van der Waals surface area contributed by atoms with Crippen molar-refractivity contribution in [2.24, 2.45) is 0 Å². The van der Waals surface area contributed by atoms with Gasteiger partial charge in [-0.15, -0.1) is 0 Å². The zero-order valence-electron chi connectivity index (χ0n) is 13.3. The normalized spacial score (nSPS) is 15.3. The van der Waals surface area contributed by atoms with Crippen molar-refractivity contribution < 1.29 is 19.1 Å². The Hall–Kier alpha value is -2.04. The maximum Gasteiger partial charge on any atom is 0.344 e. The van der Waals surface area contributed by atoms with Gasteiger partial charge in [-0.2, -0.15) is 0 Å². The minimum absolute atomic E-state index is 0.206. The van der Waals surface area contributed by atoms with Crippen LogP contribution in [-0.4, -0.2) is 30.6 Å². The summed E-state index contributed by atoms with van der Waals surface area (Å²) in [6.45, 7) is 5.58. The number of nitrogens with one attached hydrogen (secondary N) is 1. The van der Waals surface area contributed by atoms with Crippen LogP contribution in [0.5, 0.6) is 5.75 Å². The highest BCUT2D eigenvalue weighted by Gasteiger charge is 2.27. The smallest absolute Gasteiger partial charge is 0.344 e. The summed E-state index contributed by atoms with van der Waals surface area (Å²) in [6.07, 6.45) is 1.21. The molecule has 5 heteroatoms. The lowest BCUT2D eigenvalue weighted by atomic mass is 10.0. The third-order valence-electron chi connectivity index (χ3n) is 3.50. The molecule has 1 aromatic carbocycles. The number of amides is 1. The number of carbonyl (C=O) groups is 2. The van der Waals surface area contributed by atoms with Crippen LogP contribution >= 0.6 is 0 Å². The van der Waals surface area contributed by atoms with E-state index in [-0.39, 0.29) is 18.6 Å². The molecule has 1 aliphatic rings. The fourth-order valence-electron chi connectivity index (χ4n) is 1.92. The van der Waals surface area contributed by atoms with Crippen LogP contribution in [0, 0.1) is 0 Å². The van der Waals surface area contributed by atoms with Crippen LogP contribution in [0.25, 0.3) is 0 Å². The van der Waals surface area contributed by atoms with Crippen molar-refractivity contribution in [1.29, 1.82) is 0 Å². The molecule has 1 fully saturated rings. The van der Waals surface area contributed by atoms with Gasteiger partial charge in [0.25, 0.3) is 5.91 Å². The first kappa shape index (κ1) is 16.3. The van der Waals surface area contributed by atoms with Crippen LogP contribution in [0.4, 0.5) is 0 Å². The maximum atomic E-state index is 11.7. The average Bonchev–Trinajstić information content (AvgIpc) is 3.29. The van der Waals surface area contributed by atoms with Crippen molar-refractivity contribution in [3.63, 3.8) is 0 Å². The third-order valence-corrected chi connectivity index (χ3v) is 3.50. The summed E-state index contributed by atoms with van der Waals surface area (Å²) < 4.78 is 10.4. The highest BCUT2D eigenvalue weighted by atomic mass is 16.6. The second-order valence-corrected chi connectivity index (χ2v) is 5.93. The molecule has 1 aromatic rings. The van der Waals surface area contributed by atoms with Crippen LogP contribution in [0.3, 0.4) is 0 Å². The zero-order valence-corrected chi connectivity index (χ0v) is 13.3. The van der Waals surface area contributed by atoms with Gasteiger partial charge in [0.05, 0.1) is 0 Å². The van der Waals surface area contributed by atoms with Crippen LogP contribution in [0.15, 0.2) is 24.3 Å². The molecule has 1 N–H and O–H groups in total. The van der Waals surface area contributed by atoms with Gasteiger partial charge in [-0.3, -0.25) is 4.79 Å². The second kappa shape index (κ2) is 7.29. The molecule has 0 saturated heterocycles. The van der Waals surface area contributed by atoms with Gasteiger partial charge in [0.15, 0.2) is 12.7 Å². The summed E-state index contributed by atoms with van der Waals surface area (Å²) in [5.74, 6) is 0.254. The minimum atomic E-state index is -0.792. The van der Waals surface area contributed by atoms with E-state index in [1.54, 1.807) is 6.92 Å². The van der Waals surface area contributed by atoms with Crippen LogP contribution < -0.4 is 10.1 Å². The van der Waals surface area contributed by atoms with E-state index in [9.17, 15) is 9.59 Å². The predicted molar refractivity (Wildman–Crippen MR) is 82.7 cm³/mol. The molecule has 0 unspecified atom stereocenters. The Labute approximate surface area is 131 Å². The first-order chi connectivity index (χ1) is 10.5. The summed E-state index contributed by atoms with van der Waals surface area (Å²) in [6, 6.07) is 7.84. The summed E-state index contributed by atoms with van der Waals surface area (Å²) in [5, 5.41) is 2.79. The molecule has 0 radical (unpaired) electrons. The fourth-order valence-corrected chi connectivity index (χ4v) is 1.92. The van der Waals surface area contributed by atoms with Crippen molar-refractivity contribution in [3.8, 4) is 5.75 Å². The fraction of sp³-hybridized carbons (Fsp3) is 0.529. The molecular formula is C17H23NO4. The molecule has 0 spiro atoms. The molecule has 1 aliphatic carbocycles. The predicted octanol–water partition coefficient (Wildman–Crippen LogP) is 2.40. The largest absolute Gasteiger partial charge is 0.482 e. The average molecular weight is 305 g/mol. The number of benzene rings is 1. The van der Waals surface area contributed by atoms with Crippen LogP contribution in [-0.2, 0) is 14.3 Å². The van der Waals surface area contributed by atoms with E-state index in [4.69, 9.17) is 9.47 Å². The number of hydrogen-bond donors (Lipinski definition) is 1. The molecule has 1 atom stereocenters. The lowest BCUT2D eigenvalue weighted by Gasteiger charge is -2.13. The molecular weight excluding hydrogens is 282 g/mol. The molecule has 0 aromatic heterocycles. The Kier molecular flexibility index (Phi) is 5.41. The Bertz CT molecular complexity index is 520. The SMILES string of the molecule is CC(C)c1ccc(OCC(=O)O[C@@H](C)C(=O)NC2CC2)cc1. The molecule has 0 heterocycles. The van der Waals surface area contributed by atoms with Gasteiger partial charge in [-0.25, -0.2) is 4.79 Å². The molecule has 1 amide bonds. The standard InChI is InChI=1S/C17H23NO4/c1-11(2)13-4-8-15(9-5-13)21-10-16(19)22-12(3)17(20)18-14-6-7-14/h4-5,8-9,11-12,14H,6-7,10H2,1-3H3,(H,18,20)/t12-/m0/s1. The van der Waals surface area contributed by atoms with E-state index in [1.165, 1.54) is 5.56 Å². The molecule has 0 bridgehead atoms. The number of carbonyl (C=O) groups excluding carboxylic acids is 2. The van der Waals surface area contributed by atoms with Gasteiger partial charge >= 0.3 is 5.97 Å². The Morgan fingerprint density at radius 3 is 2.36 bits per heavy atom. The van der Waals surface area contributed by atoms with E-state index < -0.39 is 12.1 Å². The summed E-state index contributed by atoms with van der Waals surface area (Å²) >= 11 is 0. The topological polar surface area (TPSA) is 64.6 Å². The first-order valence-electron chi connectivity index (χ1n) is 7.68. The number of esters is 1. The number of ether oxygens (including phenoxy) is 2. The van der Waals surface area contributed by atoms with Crippen molar-refractivity contribution in [2.75, 3.05) is 6.61 Å². The van der Waals surface area contributed by atoms with Crippen molar-refractivity contribution in [2.45, 2.75) is 51.7 Å². The quantitative estimate of drug-likeness (QED) is 0.786. The molecule has 22 heavy (non-hydrogen) atoms. The van der Waals surface area contributed by atoms with Gasteiger partial charge in [0.2, 0.25) is 0 Å². The van der Waals surface area contributed by atoms with E-state index in [0.29, 0.717) is 11.7 Å². The molecule has 5 nitrogen and oxygen atoms in total. The monoisotopic (exact) mass is 305 g/mol. The van der Waals surface area contributed by atoms with Gasteiger partial charge in [-0.05, 0) is 43.4 Å². The van der Waals surface area contributed by atoms with E-state index >= 15 is 0 Å². The first-order valence-corrected chi connectivity index (χ1v) is 7.68. The molecule has 120 valence electrons. The Balaban J connectivity index is 1.73. The van der Waals surface area contributed by atoms with Crippen molar-refractivity contribution >= 4 is 11.9 Å². The highest BCUT2D eigenvalue weighted by molar-refractivity contribution is 5.84. The van der Waals surface area contributed by atoms with Gasteiger partial charge < -0.3 is 14.8 Å². The summed E-state index contributed by atoms with van der Waals surface area (Å²) in [4.78, 5) is 23.4. The lowest BCUT2D eigenvalue weighted by Crippen LogP contribution is -2.37. The Morgan fingerprint density at radius 1 is 1.18 bits per heavy atom. The van der Waals surface area contributed by atoms with Crippen LogP contribution in [0.2, 0.25) is 0 Å². The van der Waals surface area contributed by atoms with Gasteiger partial charge in [0, 0.05) is 6.04 Å². The van der Waals surface area contributed by atoms with Crippen molar-refractivity contribution in [3.05, 3.63) is 29.8 Å². The second-order valence-electron chi connectivity index (χ2n) is 5.93. The minimum Gasteiger partial charge on any atom is -0.482 e. The maximum absolute atomic E-state index is 11.7. The van der Waals surface area contributed by atoms with Gasteiger partial charge in [-0.1, -0.05) is 26.0 Å². The number of rotatable bonds is 7. The van der Waals surface area contributed by atoms with Crippen molar-refractivity contribution in [1.82, 2.24) is 5.32 Å². The Morgan fingerprint density at radius 2 is 1.82 bits per heavy atom. The summed E-state index contributed by atoms with van der Waals surface area (Å²) in [5.41, 5.74) is 1.21. The lowest BCUT2D eigenvalue weighted by molar-refractivity contribution is -0.156. The molecule has 0 aliphatic heterocycles. The highest BCUT2D eigenvalue weighted by Crippen LogP contribution is 2.19. The number of hydrogen-bond acceptors (Lipinski definition) is 4. The van der Waals surface area contributed by atoms with E-state index in [0.717, 1.165) is 12.8 Å². The van der Waals surface area contributed by atoms with Crippen LogP contribution in [0.1, 0.15) is 45.1 Å². The molecule has 1 saturated carbocycles. The van der Waals surface area contributed by atoms with E-state index in [2.05, 4.69) is 19.2 Å². The summed E-state index contributed by atoms with van der Waals surface area (Å²) in [7, 11) is 0. The zero-order chi connectivity index (χ0) is 16.1. The van der Waals surface area contributed by atoms with E-state index in [1.807, 2.05) is 24.3 Å². The van der Waals surface area contributed by atoms with Gasteiger partial charge in [0.1, 0.15) is 5.75 Å². The molecule has 2 rings (SSSR count). The third kappa shape index (κ3) is 5.06.